The van der Waals surface area contributed by atoms with Crippen LogP contribution in [0.4, 0.5) is 4.39 Å². The molecule has 170 valence electrons. The van der Waals surface area contributed by atoms with Crippen LogP contribution in [-0.4, -0.2) is 33.2 Å². The molecule has 1 aliphatic rings. The number of carbonyl (C=O) groups is 2. The lowest BCUT2D eigenvalue weighted by atomic mass is 9.95. The van der Waals surface area contributed by atoms with Gasteiger partial charge in [-0.25, -0.2) is 4.39 Å². The van der Waals surface area contributed by atoms with Gasteiger partial charge in [0.15, 0.2) is 0 Å². The van der Waals surface area contributed by atoms with Crippen LogP contribution in [-0.2, 0) is 16.0 Å². The molecular weight excluding hydrogens is 455 g/mol. The van der Waals surface area contributed by atoms with E-state index in [0.29, 0.717) is 17.0 Å². The molecule has 4 aromatic rings. The Morgan fingerprint density at radius 1 is 1.00 bits per heavy atom. The minimum absolute atomic E-state index is 0.142. The molecule has 0 bridgehead atoms. The Kier molecular flexibility index (Phi) is 5.67. The molecule has 2 N–H and O–H groups in total. The number of nitrogens with one attached hydrogen (secondary N) is 1. The molecule has 5 nitrogen and oxygen atoms in total. The number of likely N-dealkylation sites (tertiary alicyclic amines) is 1. The van der Waals surface area contributed by atoms with Crippen molar-refractivity contribution in [2.75, 3.05) is 6.54 Å². The highest BCUT2D eigenvalue weighted by atomic mass is 35.5. The predicted molar refractivity (Wildman–Crippen MR) is 129 cm³/mol. The lowest BCUT2D eigenvalue weighted by Gasteiger charge is -2.25. The minimum atomic E-state index is -1.05. The summed E-state index contributed by atoms with van der Waals surface area (Å²) in [5.41, 5.74) is 2.27. The molecule has 1 atom stereocenters. The third-order valence-corrected chi connectivity index (χ3v) is 6.41. The van der Waals surface area contributed by atoms with Crippen LogP contribution in [0.5, 0.6) is 0 Å². The van der Waals surface area contributed by atoms with E-state index in [9.17, 15) is 19.1 Å². The molecule has 0 radical (unpaired) electrons. The number of halogens is 2. The summed E-state index contributed by atoms with van der Waals surface area (Å²) in [4.78, 5) is 30.7. The highest BCUT2D eigenvalue weighted by Crippen LogP contribution is 2.40. The number of benzene rings is 3. The van der Waals surface area contributed by atoms with Crippen molar-refractivity contribution in [1.82, 2.24) is 9.88 Å². The molecule has 0 unspecified atom stereocenters. The summed E-state index contributed by atoms with van der Waals surface area (Å²) in [6.45, 7) is 0.169. The molecule has 2 heterocycles. The topological polar surface area (TPSA) is 73.4 Å². The van der Waals surface area contributed by atoms with Crippen molar-refractivity contribution in [3.63, 3.8) is 0 Å². The summed E-state index contributed by atoms with van der Waals surface area (Å²) in [5.74, 6) is -2.55. The van der Waals surface area contributed by atoms with Crippen LogP contribution in [0.3, 0.4) is 0 Å². The highest BCUT2D eigenvalue weighted by Gasteiger charge is 2.46. The summed E-state index contributed by atoms with van der Waals surface area (Å²) >= 11 is 5.95. The Labute approximate surface area is 200 Å². The van der Waals surface area contributed by atoms with Crippen molar-refractivity contribution in [2.45, 2.75) is 12.5 Å². The zero-order chi connectivity index (χ0) is 23.8. The number of fused-ring (bicyclic) bond motifs is 1. The number of aliphatic hydroxyl groups is 1. The van der Waals surface area contributed by atoms with Gasteiger partial charge < -0.3 is 15.0 Å². The van der Waals surface area contributed by atoms with E-state index in [4.69, 9.17) is 11.6 Å². The number of aromatic nitrogens is 1. The van der Waals surface area contributed by atoms with E-state index in [1.165, 1.54) is 23.1 Å². The van der Waals surface area contributed by atoms with Gasteiger partial charge in [0.25, 0.3) is 11.7 Å². The van der Waals surface area contributed by atoms with Gasteiger partial charge in [-0.15, -0.1) is 0 Å². The highest BCUT2D eigenvalue weighted by molar-refractivity contribution is 6.46. The van der Waals surface area contributed by atoms with Crippen LogP contribution in [0.25, 0.3) is 16.7 Å². The summed E-state index contributed by atoms with van der Waals surface area (Å²) in [6, 6.07) is 19.0. The average Bonchev–Trinajstić information content (AvgIpc) is 3.37. The van der Waals surface area contributed by atoms with Crippen LogP contribution in [0.2, 0.25) is 5.02 Å². The fourth-order valence-electron chi connectivity index (χ4n) is 4.47. The van der Waals surface area contributed by atoms with Gasteiger partial charge >= 0.3 is 0 Å². The standard InChI is InChI=1S/C27H20ClFN2O3/c28-18-11-9-16(10-12-18)25(32)23-24(20-6-1-3-7-21(20)29)31(27(34)26(23)33)14-13-17-15-30-22-8-4-2-5-19(17)22/h1-12,15,24,30,32H,13-14H2/t24-/m0/s1. The van der Waals surface area contributed by atoms with Crippen LogP contribution in [0.15, 0.2) is 84.6 Å². The van der Waals surface area contributed by atoms with Gasteiger partial charge in [0.05, 0.1) is 11.6 Å². The van der Waals surface area contributed by atoms with Gasteiger partial charge in [-0.3, -0.25) is 9.59 Å². The van der Waals surface area contributed by atoms with Crippen LogP contribution in [0, 0.1) is 5.82 Å². The Morgan fingerprint density at radius 2 is 1.71 bits per heavy atom. The maximum atomic E-state index is 14.9. The molecule has 1 amide bonds. The van der Waals surface area contributed by atoms with Gasteiger partial charge in [-0.1, -0.05) is 48.0 Å². The summed E-state index contributed by atoms with van der Waals surface area (Å²) < 4.78 is 14.9. The number of nitrogens with zero attached hydrogens (tertiary/aromatic N) is 1. The molecule has 1 aromatic heterocycles. The number of hydrogen-bond donors (Lipinski definition) is 2. The number of carbonyl (C=O) groups excluding carboxylic acids is 2. The Bertz CT molecular complexity index is 1440. The van der Waals surface area contributed by atoms with E-state index in [-0.39, 0.29) is 23.4 Å². The first-order valence-electron chi connectivity index (χ1n) is 10.8. The molecule has 1 fully saturated rings. The molecule has 0 spiro atoms. The number of para-hydroxylation sites is 1. The molecule has 0 aliphatic carbocycles. The third kappa shape index (κ3) is 3.76. The third-order valence-electron chi connectivity index (χ3n) is 6.15. The molecule has 34 heavy (non-hydrogen) atoms. The molecular formula is C27H20ClFN2O3. The summed E-state index contributed by atoms with van der Waals surface area (Å²) in [7, 11) is 0. The number of hydrogen-bond acceptors (Lipinski definition) is 3. The van der Waals surface area contributed by atoms with Crippen LogP contribution >= 0.6 is 11.6 Å². The van der Waals surface area contributed by atoms with Crippen molar-refractivity contribution in [2.24, 2.45) is 0 Å². The second-order valence-electron chi connectivity index (χ2n) is 8.13. The number of Topliss-reactive ketones (excluding diaryl/α,β-unsaturated/α-hetero) is 1. The quantitative estimate of drug-likeness (QED) is 0.224. The number of H-pyrrole nitrogens is 1. The normalized spacial score (nSPS) is 17.6. The van der Waals surface area contributed by atoms with Gasteiger partial charge in [0, 0.05) is 39.8 Å². The minimum Gasteiger partial charge on any atom is -0.507 e. The second kappa shape index (κ2) is 8.80. The van der Waals surface area contributed by atoms with E-state index in [1.54, 1.807) is 30.3 Å². The maximum Gasteiger partial charge on any atom is 0.295 e. The van der Waals surface area contributed by atoms with Gasteiger partial charge in [0.1, 0.15) is 11.6 Å². The number of aliphatic hydroxyl groups excluding tert-OH is 1. The number of amides is 1. The lowest BCUT2D eigenvalue weighted by molar-refractivity contribution is -0.139. The monoisotopic (exact) mass is 474 g/mol. The Hall–Kier alpha value is -3.90. The fourth-order valence-corrected chi connectivity index (χ4v) is 4.60. The van der Waals surface area contributed by atoms with Crippen molar-refractivity contribution in [3.8, 4) is 0 Å². The first-order valence-corrected chi connectivity index (χ1v) is 11.2. The Balaban J connectivity index is 1.58. The Morgan fingerprint density at radius 3 is 2.47 bits per heavy atom. The predicted octanol–water partition coefficient (Wildman–Crippen LogP) is 5.62. The van der Waals surface area contributed by atoms with Crippen molar-refractivity contribution >= 4 is 40.0 Å². The second-order valence-corrected chi connectivity index (χ2v) is 8.57. The smallest absolute Gasteiger partial charge is 0.295 e. The fraction of sp³-hybridized carbons (Fsp3) is 0.111. The average molecular weight is 475 g/mol. The van der Waals surface area contributed by atoms with Crippen LogP contribution < -0.4 is 0 Å². The molecule has 5 rings (SSSR count). The first-order chi connectivity index (χ1) is 16.5. The molecule has 0 saturated carbocycles. The summed E-state index contributed by atoms with van der Waals surface area (Å²) in [6.07, 6.45) is 2.32. The van der Waals surface area contributed by atoms with Crippen LogP contribution in [0.1, 0.15) is 22.7 Å². The van der Waals surface area contributed by atoms with Gasteiger partial charge in [-0.05, 0) is 48.4 Å². The molecule has 1 aliphatic heterocycles. The largest absolute Gasteiger partial charge is 0.507 e. The molecule has 1 saturated heterocycles. The summed E-state index contributed by atoms with van der Waals surface area (Å²) in [5, 5.41) is 12.5. The number of ketones is 1. The van der Waals surface area contributed by atoms with E-state index in [2.05, 4.69) is 4.98 Å². The van der Waals surface area contributed by atoms with E-state index in [1.807, 2.05) is 30.5 Å². The van der Waals surface area contributed by atoms with E-state index >= 15 is 0 Å². The van der Waals surface area contributed by atoms with Crippen molar-refractivity contribution in [1.29, 1.82) is 0 Å². The number of rotatable bonds is 5. The SMILES string of the molecule is O=C1C(=O)N(CCc2c[nH]c3ccccc23)[C@@H](c2ccccc2F)C1=C(O)c1ccc(Cl)cc1. The van der Waals surface area contributed by atoms with Crippen molar-refractivity contribution in [3.05, 3.63) is 112 Å². The van der Waals surface area contributed by atoms with Gasteiger partial charge in [-0.2, -0.15) is 0 Å². The van der Waals surface area contributed by atoms with E-state index < -0.39 is 23.5 Å². The molecule has 7 heteroatoms. The van der Waals surface area contributed by atoms with E-state index in [0.717, 1.165) is 16.5 Å². The van der Waals surface area contributed by atoms with Crippen molar-refractivity contribution < 1.29 is 19.1 Å². The zero-order valence-corrected chi connectivity index (χ0v) is 18.7. The molecule has 3 aromatic carbocycles. The van der Waals surface area contributed by atoms with Gasteiger partial charge in [0.2, 0.25) is 0 Å². The zero-order valence-electron chi connectivity index (χ0n) is 18.0. The first kappa shape index (κ1) is 21.9. The maximum absolute atomic E-state index is 14.9. The lowest BCUT2D eigenvalue weighted by Crippen LogP contribution is -2.32. The number of aromatic amines is 1.